The number of rotatable bonds is 4. The van der Waals surface area contributed by atoms with Crippen LogP contribution in [0.2, 0.25) is 5.02 Å². The average Bonchev–Trinajstić information content (AvgIpc) is 2.61. The Morgan fingerprint density at radius 2 is 2.00 bits per heavy atom. The van der Waals surface area contributed by atoms with Crippen LogP contribution in [0.5, 0.6) is 0 Å². The van der Waals surface area contributed by atoms with Gasteiger partial charge in [0, 0.05) is 30.5 Å². The number of hydrogen-bond acceptors (Lipinski definition) is 3. The number of aryl methyl sites for hydroxylation is 1. The molecule has 0 N–H and O–H groups in total. The minimum Gasteiger partial charge on any atom is -0.334 e. The summed E-state index contributed by atoms with van der Waals surface area (Å²) in [6.45, 7) is 4.55. The van der Waals surface area contributed by atoms with E-state index < -0.39 is 0 Å². The van der Waals surface area contributed by atoms with Gasteiger partial charge in [-0.05, 0) is 37.1 Å². The molecular weight excluding hydrogens is 338 g/mol. The molecule has 2 aromatic heterocycles. The van der Waals surface area contributed by atoms with Crippen molar-refractivity contribution >= 4 is 23.2 Å². The zero-order valence-corrected chi connectivity index (χ0v) is 14.8. The number of amides is 1. The van der Waals surface area contributed by atoms with Crippen molar-refractivity contribution in [2.24, 2.45) is 0 Å². The second-order valence-corrected chi connectivity index (χ2v) is 6.23. The van der Waals surface area contributed by atoms with Crippen LogP contribution < -0.4 is 5.56 Å². The molecule has 3 aromatic rings. The van der Waals surface area contributed by atoms with Gasteiger partial charge >= 0.3 is 0 Å². The Morgan fingerprint density at radius 3 is 2.72 bits per heavy atom. The molecular formula is C19H18ClN3O2. The predicted octanol–water partition coefficient (Wildman–Crippen LogP) is 3.32. The third kappa shape index (κ3) is 3.42. The van der Waals surface area contributed by atoms with E-state index in [9.17, 15) is 9.59 Å². The van der Waals surface area contributed by atoms with Crippen LogP contribution in [0.15, 0.2) is 53.6 Å². The summed E-state index contributed by atoms with van der Waals surface area (Å²) in [7, 11) is 0. The summed E-state index contributed by atoms with van der Waals surface area (Å²) in [6.07, 6.45) is 3.04. The Hall–Kier alpha value is -2.66. The number of benzene rings is 1. The Bertz CT molecular complexity index is 997. The normalized spacial score (nSPS) is 10.8. The topological polar surface area (TPSA) is 54.7 Å². The summed E-state index contributed by atoms with van der Waals surface area (Å²) in [5.41, 5.74) is 1.96. The highest BCUT2D eigenvalue weighted by Gasteiger charge is 2.20. The molecule has 1 amide bonds. The van der Waals surface area contributed by atoms with E-state index in [-0.39, 0.29) is 17.0 Å². The van der Waals surface area contributed by atoms with E-state index in [0.29, 0.717) is 23.8 Å². The van der Waals surface area contributed by atoms with E-state index in [1.165, 1.54) is 10.6 Å². The van der Waals surface area contributed by atoms with Crippen molar-refractivity contribution in [1.29, 1.82) is 0 Å². The van der Waals surface area contributed by atoms with Crippen LogP contribution in [0.4, 0.5) is 0 Å². The van der Waals surface area contributed by atoms with Crippen molar-refractivity contribution in [3.63, 3.8) is 0 Å². The summed E-state index contributed by atoms with van der Waals surface area (Å²) in [5.74, 6) is -0.351. The van der Waals surface area contributed by atoms with Crippen LogP contribution in [0.1, 0.15) is 28.4 Å². The highest BCUT2D eigenvalue weighted by molar-refractivity contribution is 6.31. The van der Waals surface area contributed by atoms with E-state index in [2.05, 4.69) is 4.98 Å². The second-order valence-electron chi connectivity index (χ2n) is 5.82. The number of halogens is 1. The molecule has 0 aliphatic rings. The van der Waals surface area contributed by atoms with E-state index in [4.69, 9.17) is 11.6 Å². The average molecular weight is 356 g/mol. The number of fused-ring (bicyclic) bond motifs is 1. The first-order chi connectivity index (χ1) is 12.0. The Morgan fingerprint density at radius 1 is 1.24 bits per heavy atom. The lowest BCUT2D eigenvalue weighted by atomic mass is 10.2. The molecule has 3 rings (SSSR count). The zero-order valence-electron chi connectivity index (χ0n) is 14.1. The molecule has 0 fully saturated rings. The molecule has 1 aromatic carbocycles. The Balaban J connectivity index is 1.98. The molecule has 0 aliphatic carbocycles. The summed E-state index contributed by atoms with van der Waals surface area (Å²) < 4.78 is 1.41. The van der Waals surface area contributed by atoms with Crippen molar-refractivity contribution in [3.05, 3.63) is 80.9 Å². The number of hydrogen-bond donors (Lipinski definition) is 0. The van der Waals surface area contributed by atoms with Crippen LogP contribution in [0.3, 0.4) is 0 Å². The first kappa shape index (κ1) is 17.2. The van der Waals surface area contributed by atoms with Gasteiger partial charge in [0.25, 0.3) is 11.5 Å². The van der Waals surface area contributed by atoms with Crippen molar-refractivity contribution in [3.8, 4) is 0 Å². The maximum Gasteiger partial charge on any atom is 0.270 e. The van der Waals surface area contributed by atoms with Crippen LogP contribution in [-0.4, -0.2) is 26.7 Å². The molecule has 25 heavy (non-hydrogen) atoms. The number of nitrogens with zero attached hydrogens (tertiary/aromatic N) is 3. The third-order valence-corrected chi connectivity index (χ3v) is 4.44. The molecule has 6 heteroatoms. The first-order valence-electron chi connectivity index (χ1n) is 8.02. The fraction of sp³-hybridized carbons (Fsp3) is 0.211. The number of pyridine rings is 1. The zero-order chi connectivity index (χ0) is 18.0. The smallest absolute Gasteiger partial charge is 0.270 e. The Labute approximate surface area is 150 Å². The van der Waals surface area contributed by atoms with Crippen LogP contribution >= 0.6 is 11.6 Å². The fourth-order valence-electron chi connectivity index (χ4n) is 2.66. The van der Waals surface area contributed by atoms with E-state index >= 15 is 0 Å². The molecule has 128 valence electrons. The van der Waals surface area contributed by atoms with Crippen molar-refractivity contribution in [2.45, 2.75) is 20.4 Å². The lowest BCUT2D eigenvalue weighted by molar-refractivity contribution is 0.0750. The highest BCUT2D eigenvalue weighted by atomic mass is 35.5. The fourth-order valence-corrected chi connectivity index (χ4v) is 2.85. The summed E-state index contributed by atoms with van der Waals surface area (Å²) in [5, 5.41) is 0.595. The molecule has 0 spiro atoms. The number of carbonyl (C=O) groups excluding carboxylic acids is 1. The second kappa shape index (κ2) is 7.07. The Kier molecular flexibility index (Phi) is 4.86. The number of carbonyl (C=O) groups is 1. The lowest BCUT2D eigenvalue weighted by Crippen LogP contribution is -2.35. The molecule has 0 saturated heterocycles. The van der Waals surface area contributed by atoms with Crippen LogP contribution in [0, 0.1) is 6.92 Å². The van der Waals surface area contributed by atoms with Gasteiger partial charge < -0.3 is 4.90 Å². The van der Waals surface area contributed by atoms with Crippen LogP contribution in [-0.2, 0) is 6.54 Å². The largest absolute Gasteiger partial charge is 0.334 e. The standard InChI is InChI=1S/C19H18ClN3O2/c1-3-22(12-14-6-4-5-7-16(14)20)18(24)15-10-21-17-9-8-13(2)11-23(17)19(15)25/h4-11H,3,12H2,1-2H3. The van der Waals surface area contributed by atoms with Gasteiger partial charge in [-0.3, -0.25) is 14.0 Å². The lowest BCUT2D eigenvalue weighted by Gasteiger charge is -2.21. The van der Waals surface area contributed by atoms with Gasteiger partial charge in [-0.1, -0.05) is 35.9 Å². The highest BCUT2D eigenvalue weighted by Crippen LogP contribution is 2.17. The maximum absolute atomic E-state index is 12.9. The minimum atomic E-state index is -0.365. The van der Waals surface area contributed by atoms with Gasteiger partial charge in [0.05, 0.1) is 0 Å². The molecule has 5 nitrogen and oxygen atoms in total. The van der Waals surface area contributed by atoms with Gasteiger partial charge in [-0.15, -0.1) is 0 Å². The minimum absolute atomic E-state index is 0.0528. The van der Waals surface area contributed by atoms with Crippen molar-refractivity contribution in [1.82, 2.24) is 14.3 Å². The summed E-state index contributed by atoms with van der Waals surface area (Å²) in [4.78, 5) is 31.4. The summed E-state index contributed by atoms with van der Waals surface area (Å²) in [6, 6.07) is 11.0. The number of aromatic nitrogens is 2. The predicted molar refractivity (Wildman–Crippen MR) is 98.1 cm³/mol. The van der Waals surface area contributed by atoms with Crippen molar-refractivity contribution < 1.29 is 4.79 Å². The SMILES string of the molecule is CCN(Cc1ccccc1Cl)C(=O)c1cnc2ccc(C)cn2c1=O. The van der Waals surface area contributed by atoms with Gasteiger partial charge in [-0.2, -0.15) is 0 Å². The molecule has 0 unspecified atom stereocenters. The molecule has 0 aliphatic heterocycles. The van der Waals surface area contributed by atoms with E-state index in [0.717, 1.165) is 11.1 Å². The first-order valence-corrected chi connectivity index (χ1v) is 8.39. The van der Waals surface area contributed by atoms with E-state index in [1.807, 2.05) is 38.1 Å². The molecule has 2 heterocycles. The van der Waals surface area contributed by atoms with Gasteiger partial charge in [-0.25, -0.2) is 4.98 Å². The molecule has 0 atom stereocenters. The molecule has 0 radical (unpaired) electrons. The van der Waals surface area contributed by atoms with Crippen molar-refractivity contribution in [2.75, 3.05) is 6.54 Å². The monoisotopic (exact) mass is 355 g/mol. The maximum atomic E-state index is 12.9. The quantitative estimate of drug-likeness (QED) is 0.721. The third-order valence-electron chi connectivity index (χ3n) is 4.07. The van der Waals surface area contributed by atoms with Gasteiger partial charge in [0.2, 0.25) is 0 Å². The van der Waals surface area contributed by atoms with Crippen LogP contribution in [0.25, 0.3) is 5.65 Å². The van der Waals surface area contributed by atoms with E-state index in [1.54, 1.807) is 23.2 Å². The molecule has 0 bridgehead atoms. The van der Waals surface area contributed by atoms with Gasteiger partial charge in [0.1, 0.15) is 11.2 Å². The molecule has 0 saturated carbocycles. The van der Waals surface area contributed by atoms with Gasteiger partial charge in [0.15, 0.2) is 0 Å². The summed E-state index contributed by atoms with van der Waals surface area (Å²) >= 11 is 6.19.